The largest absolute Gasteiger partial charge is 0.368 e. The predicted molar refractivity (Wildman–Crippen MR) is 72.9 cm³/mol. The first-order valence-electron chi connectivity index (χ1n) is 5.51. The second kappa shape index (κ2) is 5.50. The smallest absolute Gasteiger partial charge is 0.223 e. The molecule has 2 N–H and O–H groups in total. The Kier molecular flexibility index (Phi) is 3.99. The molecule has 0 aliphatic heterocycles. The molecule has 94 valence electrons. The molecule has 0 bridgehead atoms. The van der Waals surface area contributed by atoms with Crippen molar-refractivity contribution in [3.63, 3.8) is 0 Å². The van der Waals surface area contributed by atoms with Crippen LogP contribution in [0.3, 0.4) is 0 Å². The minimum Gasteiger partial charge on any atom is -0.368 e. The fourth-order valence-corrected chi connectivity index (χ4v) is 2.04. The average Bonchev–Trinajstić information content (AvgIpc) is 2.32. The molecule has 0 saturated heterocycles. The topological polar surface area (TPSA) is 64.7 Å². The van der Waals surface area contributed by atoms with Crippen molar-refractivity contribution < 1.29 is 0 Å². The number of aromatic nitrogens is 3. The molecule has 18 heavy (non-hydrogen) atoms. The summed E-state index contributed by atoms with van der Waals surface area (Å²) in [5.74, 6) is 1.54. The fraction of sp³-hybridized carbons (Fsp3) is 0.250. The lowest BCUT2D eigenvalue weighted by molar-refractivity contribution is 0.846. The number of rotatable bonds is 3. The molecule has 1 aromatic carbocycles. The highest BCUT2D eigenvalue weighted by Gasteiger charge is 2.07. The Balaban J connectivity index is 2.30. The summed E-state index contributed by atoms with van der Waals surface area (Å²) in [4.78, 5) is 12.5. The summed E-state index contributed by atoms with van der Waals surface area (Å²) in [6.07, 6.45) is 1.23. The van der Waals surface area contributed by atoms with Crippen molar-refractivity contribution >= 4 is 29.2 Å². The number of aryl methyl sites for hydroxylation is 1. The lowest BCUT2D eigenvalue weighted by Crippen LogP contribution is -2.07. The van der Waals surface area contributed by atoms with Gasteiger partial charge >= 0.3 is 0 Å². The van der Waals surface area contributed by atoms with Crippen molar-refractivity contribution in [3.05, 3.63) is 45.5 Å². The van der Waals surface area contributed by atoms with E-state index in [0.717, 1.165) is 5.56 Å². The average molecular weight is 283 g/mol. The van der Waals surface area contributed by atoms with Crippen molar-refractivity contribution in [3.8, 4) is 0 Å². The maximum absolute atomic E-state index is 6.11. The molecule has 2 aromatic rings. The molecule has 1 heterocycles. The molecule has 4 nitrogen and oxygen atoms in total. The van der Waals surface area contributed by atoms with E-state index in [1.54, 1.807) is 12.1 Å². The number of anilines is 1. The van der Waals surface area contributed by atoms with Crippen LogP contribution < -0.4 is 5.73 Å². The summed E-state index contributed by atoms with van der Waals surface area (Å²) < 4.78 is 0. The molecular formula is C12H12Cl2N4. The van der Waals surface area contributed by atoms with Crippen LogP contribution in [0.15, 0.2) is 18.2 Å². The van der Waals surface area contributed by atoms with E-state index in [4.69, 9.17) is 28.9 Å². The normalized spacial score (nSPS) is 10.6. The van der Waals surface area contributed by atoms with Crippen molar-refractivity contribution in [2.75, 3.05) is 5.73 Å². The van der Waals surface area contributed by atoms with Gasteiger partial charge < -0.3 is 5.73 Å². The number of nitrogen functional groups attached to an aromatic ring is 1. The predicted octanol–water partition coefficient (Wildman–Crippen LogP) is 2.91. The number of halogens is 2. The van der Waals surface area contributed by atoms with Gasteiger partial charge in [-0.05, 0) is 17.7 Å². The standard InChI is InChI=1S/C12H12Cl2N4/c1-2-10-16-11(18-12(15)17-10)5-7-3-4-8(13)6-9(7)14/h3-4,6H,2,5H2,1H3,(H2,15,16,17,18). The van der Waals surface area contributed by atoms with E-state index < -0.39 is 0 Å². The highest BCUT2D eigenvalue weighted by Crippen LogP contribution is 2.22. The summed E-state index contributed by atoms with van der Waals surface area (Å²) in [5, 5.41) is 1.20. The monoisotopic (exact) mass is 282 g/mol. The number of nitrogens with two attached hydrogens (primary N) is 1. The van der Waals surface area contributed by atoms with E-state index in [1.165, 1.54) is 0 Å². The molecule has 2 rings (SSSR count). The Hall–Kier alpha value is -1.39. The van der Waals surface area contributed by atoms with E-state index in [0.29, 0.717) is 34.5 Å². The third-order valence-electron chi connectivity index (χ3n) is 2.43. The first-order chi connectivity index (χ1) is 8.58. The third-order valence-corrected chi connectivity index (χ3v) is 3.01. The lowest BCUT2D eigenvalue weighted by Gasteiger charge is -2.05. The molecule has 0 fully saturated rings. The number of hydrogen-bond acceptors (Lipinski definition) is 4. The van der Waals surface area contributed by atoms with E-state index in [2.05, 4.69) is 15.0 Å². The van der Waals surface area contributed by atoms with E-state index >= 15 is 0 Å². The lowest BCUT2D eigenvalue weighted by atomic mass is 10.1. The van der Waals surface area contributed by atoms with Crippen LogP contribution in [0, 0.1) is 0 Å². The zero-order valence-electron chi connectivity index (χ0n) is 9.82. The van der Waals surface area contributed by atoms with Gasteiger partial charge in [0, 0.05) is 22.9 Å². The van der Waals surface area contributed by atoms with Gasteiger partial charge in [0.1, 0.15) is 11.6 Å². The molecular weight excluding hydrogens is 271 g/mol. The first kappa shape index (κ1) is 13.1. The van der Waals surface area contributed by atoms with Gasteiger partial charge in [-0.15, -0.1) is 0 Å². The molecule has 0 unspecified atom stereocenters. The summed E-state index contributed by atoms with van der Waals surface area (Å²) in [7, 11) is 0. The summed E-state index contributed by atoms with van der Waals surface area (Å²) in [6, 6.07) is 5.34. The highest BCUT2D eigenvalue weighted by molar-refractivity contribution is 6.35. The summed E-state index contributed by atoms with van der Waals surface area (Å²) >= 11 is 12.0. The molecule has 6 heteroatoms. The van der Waals surface area contributed by atoms with Crippen molar-refractivity contribution in [2.24, 2.45) is 0 Å². The van der Waals surface area contributed by atoms with Crippen LogP contribution >= 0.6 is 23.2 Å². The molecule has 0 aliphatic rings. The van der Waals surface area contributed by atoms with E-state index in [9.17, 15) is 0 Å². The number of hydrogen-bond donors (Lipinski definition) is 1. The molecule has 0 amide bonds. The van der Waals surface area contributed by atoms with Gasteiger partial charge in [-0.3, -0.25) is 0 Å². The Bertz CT molecular complexity index is 572. The number of nitrogens with zero attached hydrogens (tertiary/aromatic N) is 3. The minimum absolute atomic E-state index is 0.238. The Morgan fingerprint density at radius 3 is 2.50 bits per heavy atom. The molecule has 0 saturated carbocycles. The molecule has 0 spiro atoms. The minimum atomic E-state index is 0.238. The van der Waals surface area contributed by atoms with Gasteiger partial charge in [-0.2, -0.15) is 9.97 Å². The van der Waals surface area contributed by atoms with E-state index in [-0.39, 0.29) is 5.95 Å². The first-order valence-corrected chi connectivity index (χ1v) is 6.27. The van der Waals surface area contributed by atoms with Crippen LogP contribution in [0.5, 0.6) is 0 Å². The fourth-order valence-electron chi connectivity index (χ4n) is 1.56. The zero-order valence-corrected chi connectivity index (χ0v) is 11.3. The highest BCUT2D eigenvalue weighted by atomic mass is 35.5. The third kappa shape index (κ3) is 3.09. The van der Waals surface area contributed by atoms with Gasteiger partial charge in [-0.1, -0.05) is 36.2 Å². The number of benzene rings is 1. The van der Waals surface area contributed by atoms with Gasteiger partial charge in [0.05, 0.1) is 0 Å². The Morgan fingerprint density at radius 1 is 1.11 bits per heavy atom. The van der Waals surface area contributed by atoms with Gasteiger partial charge in [0.25, 0.3) is 0 Å². The van der Waals surface area contributed by atoms with Crippen LogP contribution in [0.1, 0.15) is 24.1 Å². The van der Waals surface area contributed by atoms with Gasteiger partial charge in [0.2, 0.25) is 5.95 Å². The second-order valence-corrected chi connectivity index (χ2v) is 4.64. The van der Waals surface area contributed by atoms with E-state index in [1.807, 2.05) is 13.0 Å². The van der Waals surface area contributed by atoms with Crippen molar-refractivity contribution in [1.29, 1.82) is 0 Å². The van der Waals surface area contributed by atoms with Gasteiger partial charge in [0.15, 0.2) is 0 Å². The summed E-state index contributed by atoms with van der Waals surface area (Å²) in [6.45, 7) is 1.97. The van der Waals surface area contributed by atoms with Crippen LogP contribution in [-0.4, -0.2) is 15.0 Å². The second-order valence-electron chi connectivity index (χ2n) is 3.79. The maximum Gasteiger partial charge on any atom is 0.223 e. The van der Waals surface area contributed by atoms with Crippen LogP contribution in [0.4, 0.5) is 5.95 Å². The quantitative estimate of drug-likeness (QED) is 0.940. The van der Waals surface area contributed by atoms with Crippen LogP contribution in [-0.2, 0) is 12.8 Å². The summed E-state index contributed by atoms with van der Waals surface area (Å²) in [5.41, 5.74) is 6.55. The Labute approximate surface area is 115 Å². The van der Waals surface area contributed by atoms with Crippen LogP contribution in [0.25, 0.3) is 0 Å². The zero-order chi connectivity index (χ0) is 13.1. The Morgan fingerprint density at radius 2 is 1.83 bits per heavy atom. The van der Waals surface area contributed by atoms with Crippen LogP contribution in [0.2, 0.25) is 10.0 Å². The van der Waals surface area contributed by atoms with Crippen molar-refractivity contribution in [1.82, 2.24) is 15.0 Å². The molecule has 1 aromatic heterocycles. The molecule has 0 radical (unpaired) electrons. The van der Waals surface area contributed by atoms with Gasteiger partial charge in [-0.25, -0.2) is 4.98 Å². The maximum atomic E-state index is 6.11. The molecule has 0 aliphatic carbocycles. The van der Waals surface area contributed by atoms with Crippen molar-refractivity contribution in [2.45, 2.75) is 19.8 Å². The SMILES string of the molecule is CCc1nc(N)nc(Cc2ccc(Cl)cc2Cl)n1. The molecule has 0 atom stereocenters.